The van der Waals surface area contributed by atoms with Crippen LogP contribution in [0.3, 0.4) is 0 Å². The van der Waals surface area contributed by atoms with Crippen molar-refractivity contribution in [3.05, 3.63) is 23.8 Å². The number of carbonyl (C=O) groups excluding carboxylic acids is 2. The van der Waals surface area contributed by atoms with Gasteiger partial charge in [-0.3, -0.25) is 9.59 Å². The number of rotatable bonds is 2. The predicted molar refractivity (Wildman–Crippen MR) is 109 cm³/mol. The van der Waals surface area contributed by atoms with E-state index < -0.39 is 28.5 Å². The Morgan fingerprint density at radius 1 is 1.28 bits per heavy atom. The number of aliphatic hydroxyl groups excluding tert-OH is 1. The van der Waals surface area contributed by atoms with Gasteiger partial charge in [0.25, 0.3) is 0 Å². The normalized spacial score (nSPS) is 43.9. The van der Waals surface area contributed by atoms with Crippen molar-refractivity contribution in [2.45, 2.75) is 77.9 Å². The van der Waals surface area contributed by atoms with Crippen LogP contribution in [-0.4, -0.2) is 40.3 Å². The summed E-state index contributed by atoms with van der Waals surface area (Å²) in [6.07, 6.45) is 9.58. The molecule has 0 heterocycles. The summed E-state index contributed by atoms with van der Waals surface area (Å²) in [5, 5.41) is 22.3. The van der Waals surface area contributed by atoms with Gasteiger partial charge in [-0.05, 0) is 75.9 Å². The molecule has 0 bridgehead atoms. The molecule has 29 heavy (non-hydrogen) atoms. The fourth-order valence-corrected chi connectivity index (χ4v) is 6.48. The van der Waals surface area contributed by atoms with Gasteiger partial charge in [-0.15, -0.1) is 0 Å². The van der Waals surface area contributed by atoms with Gasteiger partial charge in [-0.2, -0.15) is 0 Å². The maximum atomic E-state index is 12.7. The highest BCUT2D eigenvalue weighted by Crippen LogP contribution is 2.65. The van der Waals surface area contributed by atoms with Gasteiger partial charge in [0.15, 0.2) is 11.9 Å². The molecule has 0 radical (unpaired) electrons. The smallest absolute Gasteiger partial charge is 0.311 e. The first-order chi connectivity index (χ1) is 13.5. The molecule has 0 aromatic carbocycles. The second-order valence-corrected chi connectivity index (χ2v) is 11.0. The van der Waals surface area contributed by atoms with E-state index in [2.05, 4.69) is 13.0 Å². The molecule has 4 aliphatic rings. The van der Waals surface area contributed by atoms with Crippen molar-refractivity contribution in [2.24, 2.45) is 28.1 Å². The van der Waals surface area contributed by atoms with E-state index in [1.54, 1.807) is 26.8 Å². The van der Waals surface area contributed by atoms with E-state index in [1.807, 2.05) is 6.08 Å². The molecular weight excluding hydrogens is 368 g/mol. The summed E-state index contributed by atoms with van der Waals surface area (Å²) in [7, 11) is 0. The molecule has 6 atom stereocenters. The van der Waals surface area contributed by atoms with E-state index in [4.69, 9.17) is 4.74 Å². The second-order valence-electron chi connectivity index (χ2n) is 11.0. The summed E-state index contributed by atoms with van der Waals surface area (Å²) >= 11 is 0. The molecule has 0 aromatic heterocycles. The van der Waals surface area contributed by atoms with Crippen molar-refractivity contribution in [1.82, 2.24) is 0 Å². The average Bonchev–Trinajstić information content (AvgIpc) is 2.96. The largest absolute Gasteiger partial charge is 0.454 e. The van der Waals surface area contributed by atoms with Crippen LogP contribution in [0.4, 0.5) is 0 Å². The Labute approximate surface area is 173 Å². The Morgan fingerprint density at radius 3 is 2.66 bits per heavy atom. The average molecular weight is 403 g/mol. The van der Waals surface area contributed by atoms with E-state index in [0.717, 1.165) is 37.7 Å². The molecule has 2 N–H and O–H groups in total. The minimum atomic E-state index is -0.878. The van der Waals surface area contributed by atoms with Crippen molar-refractivity contribution in [3.8, 4) is 0 Å². The van der Waals surface area contributed by atoms with Crippen molar-refractivity contribution >= 4 is 11.8 Å². The Morgan fingerprint density at radius 2 is 2.00 bits per heavy atom. The van der Waals surface area contributed by atoms with E-state index in [0.29, 0.717) is 0 Å². The molecule has 4 aliphatic carbocycles. The van der Waals surface area contributed by atoms with E-state index in [1.165, 1.54) is 0 Å². The molecule has 2 saturated carbocycles. The maximum Gasteiger partial charge on any atom is 0.311 e. The molecule has 0 saturated heterocycles. The lowest BCUT2D eigenvalue weighted by Gasteiger charge is -2.59. The third-order valence-electron chi connectivity index (χ3n) is 8.40. The van der Waals surface area contributed by atoms with Gasteiger partial charge in [0.05, 0.1) is 17.6 Å². The van der Waals surface area contributed by atoms with Crippen molar-refractivity contribution in [3.63, 3.8) is 0 Å². The van der Waals surface area contributed by atoms with Crippen molar-refractivity contribution in [2.75, 3.05) is 6.61 Å². The molecule has 4 rings (SSSR count). The molecule has 0 amide bonds. The zero-order valence-electron chi connectivity index (χ0n) is 18.0. The third kappa shape index (κ3) is 2.88. The molecule has 0 aromatic rings. The van der Waals surface area contributed by atoms with Crippen LogP contribution in [0.25, 0.3) is 0 Å². The number of aliphatic hydroxyl groups is 2. The van der Waals surface area contributed by atoms with Crippen LogP contribution in [0.2, 0.25) is 0 Å². The van der Waals surface area contributed by atoms with Gasteiger partial charge >= 0.3 is 5.97 Å². The van der Waals surface area contributed by atoms with Crippen molar-refractivity contribution < 1.29 is 24.5 Å². The lowest BCUT2D eigenvalue weighted by molar-refractivity contribution is -0.173. The van der Waals surface area contributed by atoms with Crippen LogP contribution < -0.4 is 0 Å². The van der Waals surface area contributed by atoms with Gasteiger partial charge in [-0.25, -0.2) is 0 Å². The fourth-order valence-electron chi connectivity index (χ4n) is 6.48. The first-order valence-electron chi connectivity index (χ1n) is 11.0. The quantitative estimate of drug-likeness (QED) is 0.692. The van der Waals surface area contributed by atoms with Gasteiger partial charge < -0.3 is 14.9 Å². The summed E-state index contributed by atoms with van der Waals surface area (Å²) in [5.41, 5.74) is -1.41. The zero-order valence-corrected chi connectivity index (χ0v) is 18.0. The number of allylic oxidation sites excluding steroid dienone is 1. The molecule has 5 nitrogen and oxygen atoms in total. The van der Waals surface area contributed by atoms with Crippen LogP contribution in [0.15, 0.2) is 23.8 Å². The SMILES string of the molecule is CC(C)(C)C(=O)OC1C[C@@]2(CO)C(=CC1=O)C=C[C@@H]1[C@@H]2CC[C@]2(C)CCC[C@]12O. The Balaban J connectivity index is 1.71. The number of hydrogen-bond acceptors (Lipinski definition) is 5. The molecule has 1 unspecified atom stereocenters. The van der Waals surface area contributed by atoms with Crippen LogP contribution in [0.1, 0.15) is 66.2 Å². The monoisotopic (exact) mass is 402 g/mol. The predicted octanol–water partition coefficient (Wildman–Crippen LogP) is 3.34. The van der Waals surface area contributed by atoms with E-state index in [9.17, 15) is 19.8 Å². The Bertz CT molecular complexity index is 790. The van der Waals surface area contributed by atoms with Gasteiger partial charge in [-0.1, -0.05) is 19.1 Å². The molecule has 2 fully saturated rings. The lowest BCUT2D eigenvalue weighted by Crippen LogP contribution is -2.60. The standard InChI is InChI=1S/C24H34O5/c1-21(2,3)20(27)29-19-13-23(14-25)15(12-18(19)26)6-7-17-16(23)8-11-22(4)9-5-10-24(17,22)28/h6-7,12,16-17,19,25,28H,5,8-11,13-14H2,1-4H3/t16-,17+,19?,22-,23+,24-/m0/s1. The maximum absolute atomic E-state index is 12.7. The molecule has 0 aliphatic heterocycles. The number of carbonyl (C=O) groups is 2. The first kappa shape index (κ1) is 20.8. The zero-order chi connectivity index (χ0) is 21.2. The number of fused-ring (bicyclic) bond motifs is 5. The number of ether oxygens (including phenoxy) is 1. The van der Waals surface area contributed by atoms with Crippen LogP contribution >= 0.6 is 0 Å². The summed E-state index contributed by atoms with van der Waals surface area (Å²) in [4.78, 5) is 25.2. The Hall–Kier alpha value is -1.46. The second kappa shape index (κ2) is 6.52. The molecule has 0 spiro atoms. The van der Waals surface area contributed by atoms with Crippen LogP contribution in [0.5, 0.6) is 0 Å². The van der Waals surface area contributed by atoms with E-state index >= 15 is 0 Å². The van der Waals surface area contributed by atoms with Gasteiger partial charge in [0.2, 0.25) is 0 Å². The molecule has 5 heteroatoms. The van der Waals surface area contributed by atoms with Crippen LogP contribution in [0, 0.1) is 28.1 Å². The van der Waals surface area contributed by atoms with Gasteiger partial charge in [0, 0.05) is 17.8 Å². The number of esters is 1. The number of ketones is 1. The van der Waals surface area contributed by atoms with Crippen molar-refractivity contribution in [1.29, 1.82) is 0 Å². The van der Waals surface area contributed by atoms with Gasteiger partial charge in [0.1, 0.15) is 0 Å². The minimum Gasteiger partial charge on any atom is -0.454 e. The summed E-state index contributed by atoms with van der Waals surface area (Å²) in [5.74, 6) is -0.650. The summed E-state index contributed by atoms with van der Waals surface area (Å²) in [6.45, 7) is 7.38. The highest BCUT2D eigenvalue weighted by Gasteiger charge is 2.64. The number of hydrogen-bond donors (Lipinski definition) is 2. The summed E-state index contributed by atoms with van der Waals surface area (Å²) < 4.78 is 5.62. The lowest BCUT2D eigenvalue weighted by atomic mass is 9.47. The molecule has 160 valence electrons. The first-order valence-corrected chi connectivity index (χ1v) is 11.0. The Kier molecular flexibility index (Phi) is 4.67. The molecular formula is C24H34O5. The van der Waals surface area contributed by atoms with E-state index in [-0.39, 0.29) is 36.1 Å². The third-order valence-corrected chi connectivity index (χ3v) is 8.40. The van der Waals surface area contributed by atoms with Crippen LogP contribution in [-0.2, 0) is 14.3 Å². The topological polar surface area (TPSA) is 83.8 Å². The minimum absolute atomic E-state index is 0.0314. The highest BCUT2D eigenvalue weighted by molar-refractivity contribution is 5.97. The fraction of sp³-hybridized carbons (Fsp3) is 0.750. The summed E-state index contributed by atoms with van der Waals surface area (Å²) in [6, 6.07) is 0. The highest BCUT2D eigenvalue weighted by atomic mass is 16.5.